The van der Waals surface area contributed by atoms with E-state index in [1.165, 1.54) is 0 Å². The predicted octanol–water partition coefficient (Wildman–Crippen LogP) is -0.770. The fraction of sp³-hybridized carbons (Fsp3) is 0.0909. The van der Waals surface area contributed by atoms with Gasteiger partial charge in [-0.3, -0.25) is 0 Å². The van der Waals surface area contributed by atoms with Crippen molar-refractivity contribution in [2.75, 3.05) is 0 Å². The van der Waals surface area contributed by atoms with Crippen LogP contribution in [0.15, 0.2) is 42.7 Å². The molecule has 0 fully saturated rings. The second-order valence-corrected chi connectivity index (χ2v) is 3.49. The van der Waals surface area contributed by atoms with E-state index in [1.807, 2.05) is 48.3 Å². The number of nitrogens with zero attached hydrogens (tertiary/aromatic N) is 2. The van der Waals surface area contributed by atoms with Gasteiger partial charge in [0.15, 0.2) is 12.4 Å². The zero-order valence-electron chi connectivity index (χ0n) is 8.19. The summed E-state index contributed by atoms with van der Waals surface area (Å²) in [7, 11) is 1.98. The van der Waals surface area contributed by atoms with Gasteiger partial charge >= 0.3 is 0 Å². The Kier molecular flexibility index (Phi) is 4.47. The van der Waals surface area contributed by atoms with Crippen LogP contribution in [0.4, 0.5) is 0 Å². The Balaban J connectivity index is 0.00000112. The van der Waals surface area contributed by atoms with E-state index in [2.05, 4.69) is 4.98 Å². The average molecular weight is 333 g/mol. The van der Waals surface area contributed by atoms with E-state index in [0.29, 0.717) is 5.15 Å². The molecule has 0 radical (unpaired) electrons. The summed E-state index contributed by atoms with van der Waals surface area (Å²) in [6.07, 6.45) is 3.99. The number of rotatable bonds is 1. The molecule has 0 saturated carbocycles. The summed E-state index contributed by atoms with van der Waals surface area (Å²) >= 11 is 5.82. The lowest BCUT2D eigenvalue weighted by Crippen LogP contribution is -3.00. The molecule has 2 aromatic rings. The van der Waals surface area contributed by atoms with Crippen LogP contribution < -0.4 is 28.5 Å². The van der Waals surface area contributed by atoms with Gasteiger partial charge in [-0.1, -0.05) is 17.7 Å². The van der Waals surface area contributed by atoms with Gasteiger partial charge < -0.3 is 24.0 Å². The molecule has 0 bridgehead atoms. The molecule has 2 rings (SSSR count). The maximum Gasteiger partial charge on any atom is 0.177 e. The van der Waals surface area contributed by atoms with Gasteiger partial charge in [0, 0.05) is 6.07 Å². The van der Waals surface area contributed by atoms with E-state index in [1.54, 1.807) is 6.07 Å². The molecule has 0 saturated heterocycles. The first-order valence-electron chi connectivity index (χ1n) is 4.34. The second-order valence-electron chi connectivity index (χ2n) is 3.10. The summed E-state index contributed by atoms with van der Waals surface area (Å²) < 4.78 is 1.98. The third-order valence-electron chi connectivity index (χ3n) is 1.95. The van der Waals surface area contributed by atoms with E-state index < -0.39 is 0 Å². The van der Waals surface area contributed by atoms with Crippen LogP contribution in [0.5, 0.6) is 0 Å². The number of halogens is 2. The van der Waals surface area contributed by atoms with Crippen molar-refractivity contribution in [3.05, 3.63) is 47.9 Å². The van der Waals surface area contributed by atoms with Gasteiger partial charge in [-0.25, -0.2) is 9.55 Å². The normalized spacial score (nSPS) is 9.47. The van der Waals surface area contributed by atoms with Crippen LogP contribution in [-0.2, 0) is 7.05 Å². The van der Waals surface area contributed by atoms with Crippen LogP contribution in [-0.4, -0.2) is 4.98 Å². The van der Waals surface area contributed by atoms with E-state index in [4.69, 9.17) is 11.6 Å². The molecule has 0 aliphatic heterocycles. The lowest BCUT2D eigenvalue weighted by molar-refractivity contribution is -0.671. The summed E-state index contributed by atoms with van der Waals surface area (Å²) in [5, 5.41) is 0.522. The van der Waals surface area contributed by atoms with Crippen molar-refractivity contribution in [1.29, 1.82) is 0 Å². The maximum absolute atomic E-state index is 5.82. The molecule has 0 aliphatic carbocycles. The van der Waals surface area contributed by atoms with E-state index in [0.717, 1.165) is 11.3 Å². The molecule has 0 atom stereocenters. The quantitative estimate of drug-likeness (QED) is 0.381. The largest absolute Gasteiger partial charge is 1.00 e. The first-order chi connectivity index (χ1) is 6.75. The fourth-order valence-electron chi connectivity index (χ4n) is 1.31. The lowest BCUT2D eigenvalue weighted by atomic mass is 10.2. The molecule has 2 aromatic heterocycles. The third kappa shape index (κ3) is 3.14. The minimum Gasteiger partial charge on any atom is -1.00 e. The Morgan fingerprint density at radius 2 is 2.00 bits per heavy atom. The summed E-state index contributed by atoms with van der Waals surface area (Å²) in [5.74, 6) is 0. The fourth-order valence-corrected chi connectivity index (χ4v) is 1.47. The molecule has 2 heterocycles. The molecule has 2 nitrogen and oxygen atoms in total. The van der Waals surface area contributed by atoms with Crippen molar-refractivity contribution in [2.45, 2.75) is 0 Å². The van der Waals surface area contributed by atoms with Gasteiger partial charge in [-0.05, 0) is 18.2 Å². The summed E-state index contributed by atoms with van der Waals surface area (Å²) in [5.41, 5.74) is 1.96. The molecular weight excluding hydrogens is 322 g/mol. The third-order valence-corrected chi connectivity index (χ3v) is 2.16. The van der Waals surface area contributed by atoms with Crippen molar-refractivity contribution < 1.29 is 28.5 Å². The lowest BCUT2D eigenvalue weighted by Gasteiger charge is -1.98. The van der Waals surface area contributed by atoms with Gasteiger partial charge in [0.1, 0.15) is 12.2 Å². The monoisotopic (exact) mass is 332 g/mol. The first-order valence-corrected chi connectivity index (χ1v) is 4.72. The molecular formula is C11H10ClIN2. The standard InChI is InChI=1S/C11H10ClN2.HI/c1-14-7-3-4-9(8-14)10-5-2-6-11(12)13-10;/h2-8H,1H3;1H/q+1;/p-1. The summed E-state index contributed by atoms with van der Waals surface area (Å²) in [6.45, 7) is 0. The Morgan fingerprint density at radius 3 is 2.67 bits per heavy atom. The van der Waals surface area contributed by atoms with Crippen LogP contribution in [0.1, 0.15) is 0 Å². The molecule has 0 amide bonds. The highest BCUT2D eigenvalue weighted by Gasteiger charge is 2.02. The Hall–Kier alpha value is -0.680. The van der Waals surface area contributed by atoms with Gasteiger partial charge in [0.25, 0.3) is 0 Å². The Morgan fingerprint density at radius 1 is 1.20 bits per heavy atom. The second kappa shape index (κ2) is 5.42. The van der Waals surface area contributed by atoms with E-state index in [-0.39, 0.29) is 24.0 Å². The summed E-state index contributed by atoms with van der Waals surface area (Å²) in [6, 6.07) is 9.61. The molecule has 0 aromatic carbocycles. The zero-order valence-corrected chi connectivity index (χ0v) is 11.1. The number of aromatic nitrogens is 2. The van der Waals surface area contributed by atoms with Gasteiger partial charge in [0.2, 0.25) is 0 Å². The number of hydrogen-bond acceptors (Lipinski definition) is 1. The number of pyridine rings is 2. The SMILES string of the molecule is C[n+]1cccc(-c2cccc(Cl)n2)c1.[I-]. The molecule has 4 heteroatoms. The molecule has 0 N–H and O–H groups in total. The van der Waals surface area contributed by atoms with Crippen molar-refractivity contribution in [2.24, 2.45) is 7.05 Å². The number of hydrogen-bond donors (Lipinski definition) is 0. The van der Waals surface area contributed by atoms with Crippen molar-refractivity contribution in [1.82, 2.24) is 4.98 Å². The van der Waals surface area contributed by atoms with Gasteiger partial charge in [-0.15, -0.1) is 0 Å². The molecule has 0 spiro atoms. The minimum atomic E-state index is 0. The van der Waals surface area contributed by atoms with Crippen LogP contribution in [0.3, 0.4) is 0 Å². The Bertz CT molecular complexity index is 416. The topological polar surface area (TPSA) is 16.8 Å². The molecule has 78 valence electrons. The molecule has 0 aliphatic rings. The average Bonchev–Trinajstić information content (AvgIpc) is 2.18. The highest BCUT2D eigenvalue weighted by atomic mass is 127. The molecule has 0 unspecified atom stereocenters. The highest BCUT2D eigenvalue weighted by Crippen LogP contribution is 2.16. The highest BCUT2D eigenvalue weighted by molar-refractivity contribution is 6.29. The van der Waals surface area contributed by atoms with E-state index >= 15 is 0 Å². The van der Waals surface area contributed by atoms with Crippen molar-refractivity contribution in [3.63, 3.8) is 0 Å². The maximum atomic E-state index is 5.82. The van der Waals surface area contributed by atoms with Crippen LogP contribution >= 0.6 is 11.6 Å². The van der Waals surface area contributed by atoms with Crippen molar-refractivity contribution in [3.8, 4) is 11.3 Å². The van der Waals surface area contributed by atoms with Gasteiger partial charge in [0.05, 0.1) is 11.3 Å². The van der Waals surface area contributed by atoms with E-state index in [9.17, 15) is 0 Å². The smallest absolute Gasteiger partial charge is 0.177 e. The van der Waals surface area contributed by atoms with Crippen LogP contribution in [0.25, 0.3) is 11.3 Å². The Labute approximate surface area is 111 Å². The molecule has 15 heavy (non-hydrogen) atoms. The first kappa shape index (κ1) is 12.4. The number of aryl methyl sites for hydroxylation is 1. The van der Waals surface area contributed by atoms with Crippen LogP contribution in [0, 0.1) is 0 Å². The van der Waals surface area contributed by atoms with Crippen molar-refractivity contribution >= 4 is 11.6 Å². The predicted molar refractivity (Wildman–Crippen MR) is 55.9 cm³/mol. The zero-order chi connectivity index (χ0) is 9.97. The van der Waals surface area contributed by atoms with Gasteiger partial charge in [-0.2, -0.15) is 0 Å². The van der Waals surface area contributed by atoms with Crippen LogP contribution in [0.2, 0.25) is 5.15 Å². The minimum absolute atomic E-state index is 0. The summed E-state index contributed by atoms with van der Waals surface area (Å²) in [4.78, 5) is 4.24.